The van der Waals surface area contributed by atoms with Crippen LogP contribution in [0.4, 0.5) is 0 Å². The Balaban J connectivity index is 2.04. The molecule has 2 aromatic carbocycles. The molecule has 0 amide bonds. The van der Waals surface area contributed by atoms with Crippen LogP contribution in [0, 0.1) is 26.7 Å². The summed E-state index contributed by atoms with van der Waals surface area (Å²) in [6.07, 6.45) is -0.0463. The van der Waals surface area contributed by atoms with Gasteiger partial charge in [-0.1, -0.05) is 49.7 Å². The van der Waals surface area contributed by atoms with Gasteiger partial charge in [-0.2, -0.15) is 0 Å². The summed E-state index contributed by atoms with van der Waals surface area (Å²) in [6.45, 7) is 11.3. The van der Waals surface area contributed by atoms with Gasteiger partial charge in [0.25, 0.3) is 5.78 Å². The zero-order chi connectivity index (χ0) is 23.1. The fourth-order valence-corrected chi connectivity index (χ4v) is 3.81. The van der Waals surface area contributed by atoms with Crippen LogP contribution < -0.4 is 0 Å². The summed E-state index contributed by atoms with van der Waals surface area (Å²) in [5.74, 6) is -1.66. The van der Waals surface area contributed by atoms with Crippen molar-refractivity contribution in [2.45, 2.75) is 66.6 Å². The van der Waals surface area contributed by atoms with E-state index in [1.54, 1.807) is 31.2 Å². The predicted molar refractivity (Wildman–Crippen MR) is 120 cm³/mol. The molecular formula is C26H32O5. The summed E-state index contributed by atoms with van der Waals surface area (Å²) >= 11 is 0. The Kier molecular flexibility index (Phi) is 8.55. The van der Waals surface area contributed by atoms with Crippen LogP contribution in [0.1, 0.15) is 71.0 Å². The Bertz CT molecular complexity index is 907. The lowest BCUT2D eigenvalue weighted by atomic mass is 9.96. The Hall–Kier alpha value is -2.95. The van der Waals surface area contributed by atoms with E-state index in [1.165, 1.54) is 0 Å². The molecule has 5 nitrogen and oxygen atoms in total. The van der Waals surface area contributed by atoms with Gasteiger partial charge in [-0.15, -0.1) is 0 Å². The molecule has 2 aromatic rings. The lowest BCUT2D eigenvalue weighted by Gasteiger charge is -2.23. The Morgan fingerprint density at radius 3 is 1.97 bits per heavy atom. The van der Waals surface area contributed by atoms with Crippen LogP contribution in [0.5, 0.6) is 0 Å². The zero-order valence-electron chi connectivity index (χ0n) is 19.2. The number of carbonyl (C=O) groups excluding carboxylic acids is 3. The van der Waals surface area contributed by atoms with Gasteiger partial charge in [0.1, 0.15) is 12.2 Å². The Morgan fingerprint density at radius 1 is 0.839 bits per heavy atom. The minimum atomic E-state index is -0.889. The van der Waals surface area contributed by atoms with Crippen molar-refractivity contribution in [2.75, 3.05) is 0 Å². The normalized spacial score (nSPS) is 12.9. The maximum atomic E-state index is 12.7. The fourth-order valence-electron chi connectivity index (χ4n) is 3.81. The van der Waals surface area contributed by atoms with Crippen LogP contribution >= 0.6 is 0 Å². The van der Waals surface area contributed by atoms with Gasteiger partial charge in [0.05, 0.1) is 5.56 Å². The number of hydrogen-bond donors (Lipinski definition) is 0. The monoisotopic (exact) mass is 424 g/mol. The second-order valence-corrected chi connectivity index (χ2v) is 8.58. The number of hydrogen-bond acceptors (Lipinski definition) is 5. The van der Waals surface area contributed by atoms with Crippen molar-refractivity contribution in [2.24, 2.45) is 5.92 Å². The number of Topliss-reactive ketones (excluding diaryl/α,β-unsaturated/α-hetero) is 1. The van der Waals surface area contributed by atoms with Crippen LogP contribution in [0.25, 0.3) is 0 Å². The largest absolute Gasteiger partial charge is 0.459 e. The third-order valence-electron chi connectivity index (χ3n) is 5.01. The summed E-state index contributed by atoms with van der Waals surface area (Å²) in [6, 6.07) is 12.5. The number of esters is 2. The summed E-state index contributed by atoms with van der Waals surface area (Å²) in [4.78, 5) is 37.7. The first-order chi connectivity index (χ1) is 14.6. The summed E-state index contributed by atoms with van der Waals surface area (Å²) in [5, 5.41) is 0. The second-order valence-electron chi connectivity index (χ2n) is 8.58. The molecular weight excluding hydrogens is 392 g/mol. The van der Waals surface area contributed by atoms with Crippen LogP contribution in [0.2, 0.25) is 0 Å². The number of benzene rings is 2. The maximum Gasteiger partial charge on any atom is 0.379 e. The van der Waals surface area contributed by atoms with Gasteiger partial charge in [0.2, 0.25) is 0 Å². The molecule has 0 spiro atoms. The van der Waals surface area contributed by atoms with Crippen molar-refractivity contribution in [3.05, 3.63) is 70.3 Å². The average Bonchev–Trinajstić information content (AvgIpc) is 2.67. The SMILES string of the molecule is Cc1cc(C)c(C(=O)C(=O)OC(C)CC(CC(C)C)OC(=O)c2ccccc2)c(C)c1. The number of aryl methyl sites for hydroxylation is 3. The first kappa shape index (κ1) is 24.3. The molecule has 166 valence electrons. The molecule has 0 saturated carbocycles. The van der Waals surface area contributed by atoms with Crippen LogP contribution in [0.3, 0.4) is 0 Å². The zero-order valence-corrected chi connectivity index (χ0v) is 19.2. The van der Waals surface area contributed by atoms with Crippen molar-refractivity contribution in [1.82, 2.24) is 0 Å². The van der Waals surface area contributed by atoms with Crippen molar-refractivity contribution in [1.29, 1.82) is 0 Å². The van der Waals surface area contributed by atoms with E-state index in [2.05, 4.69) is 0 Å². The molecule has 0 aromatic heterocycles. The highest BCUT2D eigenvalue weighted by atomic mass is 16.6. The number of carbonyl (C=O) groups is 3. The quantitative estimate of drug-likeness (QED) is 0.307. The summed E-state index contributed by atoms with van der Waals surface area (Å²) < 4.78 is 11.1. The van der Waals surface area contributed by atoms with Gasteiger partial charge in [-0.25, -0.2) is 9.59 Å². The highest BCUT2D eigenvalue weighted by Crippen LogP contribution is 2.20. The van der Waals surface area contributed by atoms with Gasteiger partial charge < -0.3 is 9.47 Å². The van der Waals surface area contributed by atoms with E-state index < -0.39 is 29.9 Å². The molecule has 31 heavy (non-hydrogen) atoms. The molecule has 0 radical (unpaired) electrons. The molecule has 0 N–H and O–H groups in total. The third kappa shape index (κ3) is 7.06. The Morgan fingerprint density at radius 2 is 1.42 bits per heavy atom. The number of ether oxygens (including phenoxy) is 2. The van der Waals surface area contributed by atoms with Crippen molar-refractivity contribution in [3.8, 4) is 0 Å². The second kappa shape index (κ2) is 10.9. The Labute approximate surface area is 184 Å². The lowest BCUT2D eigenvalue weighted by Crippen LogP contribution is -2.29. The number of ketones is 1. The topological polar surface area (TPSA) is 69.7 Å². The molecule has 0 aliphatic heterocycles. The molecule has 0 saturated heterocycles. The molecule has 0 aliphatic carbocycles. The molecule has 0 bridgehead atoms. The van der Waals surface area contributed by atoms with Crippen LogP contribution in [0.15, 0.2) is 42.5 Å². The van der Waals surface area contributed by atoms with E-state index >= 15 is 0 Å². The van der Waals surface area contributed by atoms with E-state index in [0.717, 1.165) is 16.7 Å². The standard InChI is InChI=1S/C26H32O5/c1-16(2)12-22(31-25(28)21-10-8-7-9-11-21)15-20(6)30-26(29)24(27)23-18(4)13-17(3)14-19(23)5/h7-11,13-14,16,20,22H,12,15H2,1-6H3. The minimum absolute atomic E-state index is 0.288. The smallest absolute Gasteiger partial charge is 0.379 e. The molecule has 5 heteroatoms. The van der Waals surface area contributed by atoms with Crippen molar-refractivity contribution >= 4 is 17.7 Å². The van der Waals surface area contributed by atoms with E-state index in [-0.39, 0.29) is 5.92 Å². The predicted octanol–water partition coefficient (Wildman–Crippen LogP) is 5.39. The molecule has 0 heterocycles. The number of rotatable bonds is 9. The molecule has 2 atom stereocenters. The van der Waals surface area contributed by atoms with Gasteiger partial charge >= 0.3 is 11.9 Å². The van der Waals surface area contributed by atoms with Gasteiger partial charge in [-0.3, -0.25) is 4.79 Å². The minimum Gasteiger partial charge on any atom is -0.459 e. The lowest BCUT2D eigenvalue weighted by molar-refractivity contribution is -0.143. The fraction of sp³-hybridized carbons (Fsp3) is 0.423. The van der Waals surface area contributed by atoms with Crippen LogP contribution in [-0.4, -0.2) is 29.9 Å². The summed E-state index contributed by atoms with van der Waals surface area (Å²) in [7, 11) is 0. The van der Waals surface area contributed by atoms with Crippen LogP contribution in [-0.2, 0) is 14.3 Å². The van der Waals surface area contributed by atoms with Gasteiger partial charge in [-0.05, 0) is 63.3 Å². The van der Waals surface area contributed by atoms with E-state index in [1.807, 2.05) is 52.8 Å². The average molecular weight is 425 g/mol. The molecule has 0 fully saturated rings. The summed E-state index contributed by atoms with van der Waals surface area (Å²) in [5.41, 5.74) is 3.40. The third-order valence-corrected chi connectivity index (χ3v) is 5.01. The first-order valence-electron chi connectivity index (χ1n) is 10.7. The molecule has 2 unspecified atom stereocenters. The van der Waals surface area contributed by atoms with E-state index in [9.17, 15) is 14.4 Å². The molecule has 2 rings (SSSR count). The van der Waals surface area contributed by atoms with Gasteiger partial charge in [0.15, 0.2) is 0 Å². The molecule has 0 aliphatic rings. The highest BCUT2D eigenvalue weighted by molar-refractivity contribution is 6.41. The first-order valence-corrected chi connectivity index (χ1v) is 10.7. The maximum absolute atomic E-state index is 12.7. The van der Waals surface area contributed by atoms with E-state index in [0.29, 0.717) is 24.0 Å². The highest BCUT2D eigenvalue weighted by Gasteiger charge is 2.26. The van der Waals surface area contributed by atoms with E-state index in [4.69, 9.17) is 9.47 Å². The van der Waals surface area contributed by atoms with Crippen molar-refractivity contribution in [3.63, 3.8) is 0 Å². The van der Waals surface area contributed by atoms with Gasteiger partial charge in [0, 0.05) is 12.0 Å². The van der Waals surface area contributed by atoms with Crippen molar-refractivity contribution < 1.29 is 23.9 Å².